The third-order valence-corrected chi connectivity index (χ3v) is 3.79. The second-order valence-corrected chi connectivity index (χ2v) is 5.49. The molecule has 0 saturated carbocycles. The summed E-state index contributed by atoms with van der Waals surface area (Å²) in [5, 5.41) is 1.98. The minimum absolute atomic E-state index is 0.0580. The molecule has 0 aliphatic carbocycles. The van der Waals surface area contributed by atoms with Crippen LogP contribution < -0.4 is 5.56 Å². The fraction of sp³-hybridized carbons (Fsp3) is 0.538. The normalized spacial score (nSPS) is 11.6. The van der Waals surface area contributed by atoms with Gasteiger partial charge in [-0.1, -0.05) is 0 Å². The Hall–Kier alpha value is -1.20. The summed E-state index contributed by atoms with van der Waals surface area (Å²) in [6.45, 7) is 7.32. The molecule has 5 heteroatoms. The quantitative estimate of drug-likeness (QED) is 0.781. The second kappa shape index (κ2) is 5.63. The number of fused-ring (bicyclic) bond motifs is 1. The highest BCUT2D eigenvalue weighted by Crippen LogP contribution is 2.19. The Balaban J connectivity index is 2.10. The maximum absolute atomic E-state index is 12.2. The summed E-state index contributed by atoms with van der Waals surface area (Å²) in [4.78, 5) is 16.5. The first kappa shape index (κ1) is 13.2. The molecule has 0 radical (unpaired) electrons. The number of nitrogens with zero attached hydrogens (tertiary/aromatic N) is 2. The summed E-state index contributed by atoms with van der Waals surface area (Å²) < 4.78 is 7.88. The monoisotopic (exact) mass is 266 g/mol. The summed E-state index contributed by atoms with van der Waals surface area (Å²) in [7, 11) is 0. The molecular weight excluding hydrogens is 248 g/mol. The summed E-state index contributed by atoms with van der Waals surface area (Å²) in [6.07, 6.45) is 2.71. The topological polar surface area (TPSA) is 44.1 Å². The van der Waals surface area contributed by atoms with Crippen LogP contribution in [0.25, 0.3) is 10.2 Å². The molecule has 0 atom stereocenters. The standard InChI is InChI=1S/C13H18N2O2S/c1-9(2)17-6-4-5-15-8-14-11-10(3)7-18-12(11)13(15)16/h7-9H,4-6H2,1-3H3. The Morgan fingerprint density at radius 3 is 3.00 bits per heavy atom. The van der Waals surface area contributed by atoms with E-state index in [1.54, 1.807) is 10.9 Å². The van der Waals surface area contributed by atoms with Crippen LogP contribution in [-0.4, -0.2) is 22.3 Å². The highest BCUT2D eigenvalue weighted by Gasteiger charge is 2.07. The molecule has 0 bridgehead atoms. The van der Waals surface area contributed by atoms with E-state index >= 15 is 0 Å². The third-order valence-electron chi connectivity index (χ3n) is 2.72. The van der Waals surface area contributed by atoms with Crippen LogP contribution in [0.1, 0.15) is 25.8 Å². The number of hydrogen-bond acceptors (Lipinski definition) is 4. The van der Waals surface area contributed by atoms with Gasteiger partial charge in [0.05, 0.1) is 17.9 Å². The lowest BCUT2D eigenvalue weighted by atomic mass is 10.3. The summed E-state index contributed by atoms with van der Waals surface area (Å²) in [5.74, 6) is 0. The van der Waals surface area contributed by atoms with E-state index in [-0.39, 0.29) is 11.7 Å². The van der Waals surface area contributed by atoms with Crippen LogP contribution >= 0.6 is 11.3 Å². The smallest absolute Gasteiger partial charge is 0.271 e. The van der Waals surface area contributed by atoms with Crippen molar-refractivity contribution in [3.63, 3.8) is 0 Å². The van der Waals surface area contributed by atoms with Crippen LogP contribution in [0.2, 0.25) is 0 Å². The van der Waals surface area contributed by atoms with Crippen LogP contribution in [0.15, 0.2) is 16.5 Å². The number of aryl methyl sites for hydroxylation is 2. The summed E-state index contributed by atoms with van der Waals surface area (Å²) >= 11 is 1.47. The SMILES string of the molecule is Cc1csc2c(=O)n(CCCOC(C)C)cnc12. The first-order chi connectivity index (χ1) is 8.59. The zero-order valence-corrected chi connectivity index (χ0v) is 11.8. The van der Waals surface area contributed by atoms with E-state index in [0.29, 0.717) is 13.2 Å². The van der Waals surface area contributed by atoms with Gasteiger partial charge in [-0.3, -0.25) is 9.36 Å². The van der Waals surface area contributed by atoms with Crippen molar-refractivity contribution in [2.75, 3.05) is 6.61 Å². The van der Waals surface area contributed by atoms with E-state index in [2.05, 4.69) is 4.98 Å². The van der Waals surface area contributed by atoms with Gasteiger partial charge in [0.1, 0.15) is 4.70 Å². The van der Waals surface area contributed by atoms with Gasteiger partial charge in [0.25, 0.3) is 5.56 Å². The molecule has 2 aromatic heterocycles. The van der Waals surface area contributed by atoms with E-state index < -0.39 is 0 Å². The molecule has 0 aliphatic heterocycles. The van der Waals surface area contributed by atoms with Crippen molar-refractivity contribution in [1.82, 2.24) is 9.55 Å². The van der Waals surface area contributed by atoms with Gasteiger partial charge in [0.15, 0.2) is 0 Å². The van der Waals surface area contributed by atoms with Crippen molar-refractivity contribution in [2.45, 2.75) is 39.8 Å². The van der Waals surface area contributed by atoms with E-state index in [4.69, 9.17) is 4.74 Å². The third kappa shape index (κ3) is 2.79. The van der Waals surface area contributed by atoms with E-state index in [9.17, 15) is 4.79 Å². The second-order valence-electron chi connectivity index (χ2n) is 4.61. The van der Waals surface area contributed by atoms with Crippen molar-refractivity contribution in [3.8, 4) is 0 Å². The zero-order valence-electron chi connectivity index (χ0n) is 11.0. The van der Waals surface area contributed by atoms with Gasteiger partial charge in [0, 0.05) is 13.2 Å². The Bertz CT molecular complexity index is 586. The molecular formula is C13H18N2O2S. The van der Waals surface area contributed by atoms with Gasteiger partial charge in [-0.05, 0) is 38.1 Å². The van der Waals surface area contributed by atoms with Crippen LogP contribution in [-0.2, 0) is 11.3 Å². The molecule has 2 rings (SSSR count). The molecule has 18 heavy (non-hydrogen) atoms. The summed E-state index contributed by atoms with van der Waals surface area (Å²) in [5.41, 5.74) is 1.96. The fourth-order valence-electron chi connectivity index (χ4n) is 1.77. The lowest BCUT2D eigenvalue weighted by Gasteiger charge is -2.08. The summed E-state index contributed by atoms with van der Waals surface area (Å²) in [6, 6.07) is 0. The molecule has 4 nitrogen and oxygen atoms in total. The average Bonchev–Trinajstić information content (AvgIpc) is 2.70. The van der Waals surface area contributed by atoms with Gasteiger partial charge >= 0.3 is 0 Å². The predicted molar refractivity (Wildman–Crippen MR) is 74.3 cm³/mol. The number of aromatic nitrogens is 2. The Morgan fingerprint density at radius 2 is 2.28 bits per heavy atom. The Kier molecular flexibility index (Phi) is 4.14. The van der Waals surface area contributed by atoms with Crippen LogP contribution in [0.5, 0.6) is 0 Å². The number of ether oxygens (including phenoxy) is 1. The Morgan fingerprint density at radius 1 is 1.50 bits per heavy atom. The predicted octanol–water partition coefficient (Wildman–Crippen LogP) is 2.58. The van der Waals surface area contributed by atoms with Crippen LogP contribution in [0, 0.1) is 6.92 Å². The Labute approximate surface area is 110 Å². The van der Waals surface area contributed by atoms with Crippen molar-refractivity contribution in [1.29, 1.82) is 0 Å². The highest BCUT2D eigenvalue weighted by atomic mass is 32.1. The fourth-order valence-corrected chi connectivity index (χ4v) is 2.72. The van der Waals surface area contributed by atoms with Crippen molar-refractivity contribution < 1.29 is 4.74 Å². The average molecular weight is 266 g/mol. The molecule has 0 N–H and O–H groups in total. The molecule has 0 saturated heterocycles. The van der Waals surface area contributed by atoms with Gasteiger partial charge in [-0.25, -0.2) is 4.98 Å². The first-order valence-electron chi connectivity index (χ1n) is 6.14. The molecule has 0 spiro atoms. The maximum atomic E-state index is 12.2. The number of rotatable bonds is 5. The maximum Gasteiger partial charge on any atom is 0.271 e. The minimum atomic E-state index is 0.0580. The van der Waals surface area contributed by atoms with E-state index in [1.807, 2.05) is 26.2 Å². The van der Waals surface area contributed by atoms with Crippen molar-refractivity contribution in [2.24, 2.45) is 0 Å². The molecule has 2 heterocycles. The van der Waals surface area contributed by atoms with Crippen molar-refractivity contribution in [3.05, 3.63) is 27.6 Å². The molecule has 0 aromatic carbocycles. The lowest BCUT2D eigenvalue weighted by molar-refractivity contribution is 0.0747. The van der Waals surface area contributed by atoms with Gasteiger partial charge in [0.2, 0.25) is 0 Å². The molecule has 2 aromatic rings. The lowest BCUT2D eigenvalue weighted by Crippen LogP contribution is -2.20. The molecule has 98 valence electrons. The van der Waals surface area contributed by atoms with Gasteiger partial charge in [-0.2, -0.15) is 0 Å². The number of hydrogen-bond donors (Lipinski definition) is 0. The molecule has 0 fully saturated rings. The van der Waals surface area contributed by atoms with Crippen molar-refractivity contribution >= 4 is 21.6 Å². The highest BCUT2D eigenvalue weighted by molar-refractivity contribution is 7.17. The number of thiophene rings is 1. The van der Waals surface area contributed by atoms with Crippen LogP contribution in [0.4, 0.5) is 0 Å². The first-order valence-corrected chi connectivity index (χ1v) is 7.02. The zero-order chi connectivity index (χ0) is 13.1. The minimum Gasteiger partial charge on any atom is -0.379 e. The molecule has 0 unspecified atom stereocenters. The van der Waals surface area contributed by atoms with Gasteiger partial charge < -0.3 is 4.74 Å². The van der Waals surface area contributed by atoms with E-state index in [0.717, 1.165) is 22.2 Å². The van der Waals surface area contributed by atoms with E-state index in [1.165, 1.54) is 11.3 Å². The van der Waals surface area contributed by atoms with Gasteiger partial charge in [-0.15, -0.1) is 11.3 Å². The molecule has 0 aliphatic rings. The van der Waals surface area contributed by atoms with Crippen LogP contribution in [0.3, 0.4) is 0 Å². The largest absolute Gasteiger partial charge is 0.379 e. The molecule has 0 amide bonds.